The van der Waals surface area contributed by atoms with Crippen LogP contribution in [0.15, 0.2) is 24.3 Å². The Morgan fingerprint density at radius 3 is 2.20 bits per heavy atom. The average Bonchev–Trinajstić information content (AvgIpc) is 2.14. The SMILES string of the molecule is CC(C)(C)Oc1ccc(CCCN)cc1. The summed E-state index contributed by atoms with van der Waals surface area (Å²) in [6.45, 7) is 6.90. The summed E-state index contributed by atoms with van der Waals surface area (Å²) in [5.41, 5.74) is 6.66. The van der Waals surface area contributed by atoms with Crippen LogP contribution in [0.3, 0.4) is 0 Å². The van der Waals surface area contributed by atoms with E-state index < -0.39 is 0 Å². The lowest BCUT2D eigenvalue weighted by Crippen LogP contribution is -2.22. The normalized spacial score (nSPS) is 11.5. The fourth-order valence-electron chi connectivity index (χ4n) is 1.38. The Balaban J connectivity index is 2.56. The van der Waals surface area contributed by atoms with E-state index in [1.165, 1.54) is 5.56 Å². The van der Waals surface area contributed by atoms with Crippen molar-refractivity contribution in [1.82, 2.24) is 0 Å². The van der Waals surface area contributed by atoms with E-state index >= 15 is 0 Å². The highest BCUT2D eigenvalue weighted by Crippen LogP contribution is 2.18. The summed E-state index contributed by atoms with van der Waals surface area (Å²) in [6.07, 6.45) is 2.09. The topological polar surface area (TPSA) is 35.2 Å². The van der Waals surface area contributed by atoms with Gasteiger partial charge in [-0.2, -0.15) is 0 Å². The van der Waals surface area contributed by atoms with Crippen LogP contribution in [0.5, 0.6) is 5.75 Å². The average molecular weight is 207 g/mol. The number of hydrogen-bond acceptors (Lipinski definition) is 2. The maximum absolute atomic E-state index is 5.74. The molecule has 0 amide bonds. The third-order valence-corrected chi connectivity index (χ3v) is 2.02. The molecule has 15 heavy (non-hydrogen) atoms. The second kappa shape index (κ2) is 5.17. The minimum atomic E-state index is -0.126. The highest BCUT2D eigenvalue weighted by atomic mass is 16.5. The first-order chi connectivity index (χ1) is 7.01. The van der Waals surface area contributed by atoms with Crippen molar-refractivity contribution in [2.45, 2.75) is 39.2 Å². The summed E-state index contributed by atoms with van der Waals surface area (Å²) < 4.78 is 5.74. The fourth-order valence-corrected chi connectivity index (χ4v) is 1.38. The van der Waals surface area contributed by atoms with Gasteiger partial charge in [0.2, 0.25) is 0 Å². The molecule has 0 radical (unpaired) electrons. The number of aryl methyl sites for hydroxylation is 1. The number of rotatable bonds is 4. The van der Waals surface area contributed by atoms with E-state index in [9.17, 15) is 0 Å². The first-order valence-electron chi connectivity index (χ1n) is 5.49. The van der Waals surface area contributed by atoms with Gasteiger partial charge in [-0.05, 0) is 57.9 Å². The molecule has 0 unspecified atom stereocenters. The smallest absolute Gasteiger partial charge is 0.120 e. The van der Waals surface area contributed by atoms with Crippen molar-refractivity contribution >= 4 is 0 Å². The molecule has 1 rings (SSSR count). The molecule has 0 heterocycles. The lowest BCUT2D eigenvalue weighted by atomic mass is 10.1. The number of hydrogen-bond donors (Lipinski definition) is 1. The largest absolute Gasteiger partial charge is 0.488 e. The van der Waals surface area contributed by atoms with Gasteiger partial charge in [-0.25, -0.2) is 0 Å². The maximum Gasteiger partial charge on any atom is 0.120 e. The summed E-state index contributed by atoms with van der Waals surface area (Å²) in [6, 6.07) is 8.27. The molecule has 0 saturated carbocycles. The Morgan fingerprint density at radius 1 is 1.13 bits per heavy atom. The molecule has 1 aromatic carbocycles. The summed E-state index contributed by atoms with van der Waals surface area (Å²) in [7, 11) is 0. The quantitative estimate of drug-likeness (QED) is 0.824. The Bertz CT molecular complexity index is 284. The second-order valence-electron chi connectivity index (χ2n) is 4.75. The molecule has 0 bridgehead atoms. The van der Waals surface area contributed by atoms with Gasteiger partial charge in [-0.15, -0.1) is 0 Å². The van der Waals surface area contributed by atoms with Crippen LogP contribution in [0, 0.1) is 0 Å². The molecule has 0 aliphatic rings. The van der Waals surface area contributed by atoms with Crippen LogP contribution >= 0.6 is 0 Å². The predicted octanol–water partition coefficient (Wildman–Crippen LogP) is 2.76. The molecule has 0 aliphatic heterocycles. The van der Waals surface area contributed by atoms with E-state index in [1.807, 2.05) is 12.1 Å². The zero-order valence-corrected chi connectivity index (χ0v) is 9.92. The molecular formula is C13H21NO. The highest BCUT2D eigenvalue weighted by molar-refractivity contribution is 5.27. The van der Waals surface area contributed by atoms with Gasteiger partial charge >= 0.3 is 0 Å². The standard InChI is InChI=1S/C13H21NO/c1-13(2,3)15-12-8-6-11(7-9-12)5-4-10-14/h6-9H,4-5,10,14H2,1-3H3. The molecular weight excluding hydrogens is 186 g/mol. The van der Waals surface area contributed by atoms with Crippen LogP contribution in [0.1, 0.15) is 32.8 Å². The zero-order chi connectivity index (χ0) is 11.3. The first kappa shape index (κ1) is 12.1. The lowest BCUT2D eigenvalue weighted by Gasteiger charge is -2.21. The molecule has 84 valence electrons. The zero-order valence-electron chi connectivity index (χ0n) is 9.92. The third-order valence-electron chi connectivity index (χ3n) is 2.02. The monoisotopic (exact) mass is 207 g/mol. The van der Waals surface area contributed by atoms with E-state index in [1.54, 1.807) is 0 Å². The van der Waals surface area contributed by atoms with E-state index in [4.69, 9.17) is 10.5 Å². The minimum Gasteiger partial charge on any atom is -0.488 e. The van der Waals surface area contributed by atoms with Crippen LogP contribution < -0.4 is 10.5 Å². The van der Waals surface area contributed by atoms with Crippen molar-refractivity contribution in [3.63, 3.8) is 0 Å². The number of nitrogens with two attached hydrogens (primary N) is 1. The van der Waals surface area contributed by atoms with Crippen LogP contribution in [-0.2, 0) is 6.42 Å². The second-order valence-corrected chi connectivity index (χ2v) is 4.75. The van der Waals surface area contributed by atoms with Crippen LogP contribution in [0.25, 0.3) is 0 Å². The maximum atomic E-state index is 5.74. The van der Waals surface area contributed by atoms with Crippen LogP contribution in [0.2, 0.25) is 0 Å². The molecule has 0 fully saturated rings. The Morgan fingerprint density at radius 2 is 1.73 bits per heavy atom. The van der Waals surface area contributed by atoms with Gasteiger partial charge in [0.1, 0.15) is 11.4 Å². The molecule has 1 aromatic rings. The first-order valence-corrected chi connectivity index (χ1v) is 5.49. The molecule has 2 nitrogen and oxygen atoms in total. The van der Waals surface area contributed by atoms with Crippen molar-refractivity contribution in [3.8, 4) is 5.75 Å². The molecule has 0 spiro atoms. The third kappa shape index (κ3) is 4.84. The molecule has 2 N–H and O–H groups in total. The lowest BCUT2D eigenvalue weighted by molar-refractivity contribution is 0.131. The van der Waals surface area contributed by atoms with Crippen molar-refractivity contribution in [2.24, 2.45) is 5.73 Å². The molecule has 0 aromatic heterocycles. The van der Waals surface area contributed by atoms with Crippen molar-refractivity contribution in [2.75, 3.05) is 6.54 Å². The van der Waals surface area contributed by atoms with Crippen molar-refractivity contribution < 1.29 is 4.74 Å². The molecule has 0 saturated heterocycles. The van der Waals surface area contributed by atoms with E-state index in [2.05, 4.69) is 32.9 Å². The van der Waals surface area contributed by atoms with Gasteiger partial charge in [0.05, 0.1) is 0 Å². The Kier molecular flexibility index (Phi) is 4.15. The van der Waals surface area contributed by atoms with Gasteiger partial charge in [0.15, 0.2) is 0 Å². The molecule has 0 atom stereocenters. The Labute approximate surface area is 92.4 Å². The van der Waals surface area contributed by atoms with E-state index in [0.717, 1.165) is 25.1 Å². The van der Waals surface area contributed by atoms with Gasteiger partial charge in [-0.1, -0.05) is 12.1 Å². The summed E-state index contributed by atoms with van der Waals surface area (Å²) >= 11 is 0. The van der Waals surface area contributed by atoms with Crippen LogP contribution in [0.4, 0.5) is 0 Å². The highest BCUT2D eigenvalue weighted by Gasteiger charge is 2.11. The van der Waals surface area contributed by atoms with Gasteiger partial charge in [0.25, 0.3) is 0 Å². The summed E-state index contributed by atoms with van der Waals surface area (Å²) in [5, 5.41) is 0. The number of benzene rings is 1. The summed E-state index contributed by atoms with van der Waals surface area (Å²) in [5.74, 6) is 0.930. The van der Waals surface area contributed by atoms with Crippen molar-refractivity contribution in [1.29, 1.82) is 0 Å². The van der Waals surface area contributed by atoms with Gasteiger partial charge in [0, 0.05) is 0 Å². The van der Waals surface area contributed by atoms with Crippen LogP contribution in [-0.4, -0.2) is 12.1 Å². The minimum absolute atomic E-state index is 0.126. The van der Waals surface area contributed by atoms with E-state index in [-0.39, 0.29) is 5.60 Å². The predicted molar refractivity (Wildman–Crippen MR) is 64.2 cm³/mol. The van der Waals surface area contributed by atoms with E-state index in [0.29, 0.717) is 0 Å². The Hall–Kier alpha value is -1.02. The number of ether oxygens (including phenoxy) is 1. The molecule has 2 heteroatoms. The molecule has 0 aliphatic carbocycles. The van der Waals surface area contributed by atoms with Gasteiger partial charge < -0.3 is 10.5 Å². The summed E-state index contributed by atoms with van der Waals surface area (Å²) in [4.78, 5) is 0. The fraction of sp³-hybridized carbons (Fsp3) is 0.538. The van der Waals surface area contributed by atoms with Crippen molar-refractivity contribution in [3.05, 3.63) is 29.8 Å². The van der Waals surface area contributed by atoms with Gasteiger partial charge in [-0.3, -0.25) is 0 Å².